The minimum absolute atomic E-state index is 0.374. The van der Waals surface area contributed by atoms with E-state index in [1.54, 1.807) is 0 Å². The summed E-state index contributed by atoms with van der Waals surface area (Å²) in [7, 11) is 0. The van der Waals surface area contributed by atoms with Crippen molar-refractivity contribution < 1.29 is 9.47 Å². The maximum atomic E-state index is 5.65. The molecule has 0 atom stereocenters. The Kier molecular flexibility index (Phi) is 6.02. The Morgan fingerprint density at radius 2 is 1.62 bits per heavy atom. The molecule has 2 aromatic rings. The molecule has 0 aliphatic heterocycles. The van der Waals surface area contributed by atoms with Crippen molar-refractivity contribution in [3.05, 3.63) is 58.6 Å². The molecule has 0 saturated carbocycles. The monoisotopic (exact) mass is 365 g/mol. The summed E-state index contributed by atoms with van der Waals surface area (Å²) in [5.41, 5.74) is 6.40. The van der Waals surface area contributed by atoms with Crippen LogP contribution in [-0.2, 0) is 0 Å². The zero-order valence-corrected chi connectivity index (χ0v) is 13.8. The van der Waals surface area contributed by atoms with Gasteiger partial charge < -0.3 is 15.2 Å². The molecule has 3 nitrogen and oxygen atoms in total. The third-order valence-electron chi connectivity index (χ3n) is 2.74. The Balaban J connectivity index is 1.72. The Bertz CT molecular complexity index is 619. The molecule has 2 aromatic carbocycles. The van der Waals surface area contributed by atoms with E-state index >= 15 is 0 Å². The van der Waals surface area contributed by atoms with Crippen molar-refractivity contribution in [1.82, 2.24) is 0 Å². The van der Waals surface area contributed by atoms with Crippen LogP contribution in [0, 0.1) is 0 Å². The van der Waals surface area contributed by atoms with Gasteiger partial charge in [-0.2, -0.15) is 0 Å². The van der Waals surface area contributed by atoms with E-state index in [0.717, 1.165) is 28.0 Å². The van der Waals surface area contributed by atoms with Gasteiger partial charge in [0.1, 0.15) is 16.5 Å². The lowest BCUT2D eigenvalue weighted by atomic mass is 10.2. The lowest BCUT2D eigenvalue weighted by Gasteiger charge is -2.09. The number of ether oxygens (including phenoxy) is 2. The fraction of sp³-hybridized carbons (Fsp3) is 0.188. The van der Waals surface area contributed by atoms with E-state index in [9.17, 15) is 0 Å². The molecule has 0 aliphatic carbocycles. The standard InChI is InChI=1S/C16H16BrNO2S/c17-13-5-2-7-15(11-13)20-9-3-8-19-14-6-1-4-12(10-14)16(18)21/h1-2,4-7,10-11H,3,8-9H2,(H2,18,21). The van der Waals surface area contributed by atoms with Crippen LogP contribution in [0.25, 0.3) is 0 Å². The van der Waals surface area contributed by atoms with Gasteiger partial charge in [-0.1, -0.05) is 46.3 Å². The van der Waals surface area contributed by atoms with E-state index in [4.69, 9.17) is 27.4 Å². The molecule has 0 aromatic heterocycles. The van der Waals surface area contributed by atoms with Crippen LogP contribution in [0.1, 0.15) is 12.0 Å². The summed E-state index contributed by atoms with van der Waals surface area (Å²) in [4.78, 5) is 0.374. The highest BCUT2D eigenvalue weighted by molar-refractivity contribution is 9.10. The van der Waals surface area contributed by atoms with Crippen molar-refractivity contribution >= 4 is 33.1 Å². The third kappa shape index (κ3) is 5.36. The molecule has 110 valence electrons. The Labute approximate surface area is 138 Å². The molecular formula is C16H16BrNO2S. The second-order valence-electron chi connectivity index (χ2n) is 4.40. The van der Waals surface area contributed by atoms with Crippen LogP contribution in [0.15, 0.2) is 53.0 Å². The molecule has 21 heavy (non-hydrogen) atoms. The van der Waals surface area contributed by atoms with E-state index in [1.807, 2.05) is 48.5 Å². The van der Waals surface area contributed by atoms with Gasteiger partial charge in [-0.25, -0.2) is 0 Å². The fourth-order valence-electron chi connectivity index (χ4n) is 1.73. The average Bonchev–Trinajstić information content (AvgIpc) is 2.47. The van der Waals surface area contributed by atoms with Gasteiger partial charge in [0.15, 0.2) is 0 Å². The first-order valence-electron chi connectivity index (χ1n) is 6.56. The van der Waals surface area contributed by atoms with Crippen molar-refractivity contribution in [3.63, 3.8) is 0 Å². The summed E-state index contributed by atoms with van der Waals surface area (Å²) in [6.45, 7) is 1.18. The quantitative estimate of drug-likeness (QED) is 0.596. The van der Waals surface area contributed by atoms with Crippen molar-refractivity contribution in [2.24, 2.45) is 5.73 Å². The second-order valence-corrected chi connectivity index (χ2v) is 5.76. The van der Waals surface area contributed by atoms with Crippen LogP contribution in [0.5, 0.6) is 11.5 Å². The first kappa shape index (κ1) is 15.8. The Morgan fingerprint density at radius 1 is 1.00 bits per heavy atom. The minimum atomic E-state index is 0.374. The summed E-state index contributed by atoms with van der Waals surface area (Å²) >= 11 is 8.35. The molecule has 0 unspecified atom stereocenters. The lowest BCUT2D eigenvalue weighted by Crippen LogP contribution is -2.10. The summed E-state index contributed by atoms with van der Waals surface area (Å²) in [6.07, 6.45) is 0.795. The van der Waals surface area contributed by atoms with Crippen molar-refractivity contribution in [2.45, 2.75) is 6.42 Å². The van der Waals surface area contributed by atoms with E-state index in [-0.39, 0.29) is 0 Å². The van der Waals surface area contributed by atoms with Gasteiger partial charge in [0, 0.05) is 16.5 Å². The molecule has 2 rings (SSSR count). The molecule has 0 spiro atoms. The maximum Gasteiger partial charge on any atom is 0.120 e. The van der Waals surface area contributed by atoms with E-state index < -0.39 is 0 Å². The molecule has 2 N–H and O–H groups in total. The first-order valence-corrected chi connectivity index (χ1v) is 7.76. The molecule has 0 amide bonds. The minimum Gasteiger partial charge on any atom is -0.493 e. The van der Waals surface area contributed by atoms with Crippen molar-refractivity contribution in [1.29, 1.82) is 0 Å². The predicted octanol–water partition coefficient (Wildman–Crippen LogP) is 3.93. The number of nitrogens with two attached hydrogens (primary N) is 1. The zero-order chi connectivity index (χ0) is 15.1. The van der Waals surface area contributed by atoms with E-state index in [0.29, 0.717) is 18.2 Å². The topological polar surface area (TPSA) is 44.5 Å². The van der Waals surface area contributed by atoms with Crippen molar-refractivity contribution in [3.8, 4) is 11.5 Å². The Morgan fingerprint density at radius 3 is 2.24 bits per heavy atom. The fourth-order valence-corrected chi connectivity index (χ4v) is 2.24. The lowest BCUT2D eigenvalue weighted by molar-refractivity contribution is 0.247. The second kappa shape index (κ2) is 8.00. The first-order chi connectivity index (χ1) is 10.1. The van der Waals surface area contributed by atoms with Crippen LogP contribution >= 0.6 is 28.1 Å². The van der Waals surface area contributed by atoms with Gasteiger partial charge in [-0.15, -0.1) is 0 Å². The van der Waals surface area contributed by atoms with Gasteiger partial charge in [-0.3, -0.25) is 0 Å². The molecule has 0 heterocycles. The highest BCUT2D eigenvalue weighted by Gasteiger charge is 2.00. The molecule has 5 heteroatoms. The van der Waals surface area contributed by atoms with Crippen LogP contribution in [0.3, 0.4) is 0 Å². The zero-order valence-electron chi connectivity index (χ0n) is 11.4. The SMILES string of the molecule is NC(=S)c1cccc(OCCCOc2cccc(Br)c2)c1. The number of thiocarbonyl (C=S) groups is 1. The number of benzene rings is 2. The number of hydrogen-bond donors (Lipinski definition) is 1. The summed E-state index contributed by atoms with van der Waals surface area (Å²) in [5, 5.41) is 0. The highest BCUT2D eigenvalue weighted by Crippen LogP contribution is 2.18. The maximum absolute atomic E-state index is 5.65. The molecular weight excluding hydrogens is 350 g/mol. The summed E-state index contributed by atoms with van der Waals surface area (Å²) in [5.74, 6) is 1.61. The number of hydrogen-bond acceptors (Lipinski definition) is 3. The summed E-state index contributed by atoms with van der Waals surface area (Å²) < 4.78 is 12.3. The molecule has 0 aliphatic rings. The largest absolute Gasteiger partial charge is 0.493 e. The van der Waals surface area contributed by atoms with Gasteiger partial charge in [0.05, 0.1) is 13.2 Å². The van der Waals surface area contributed by atoms with Gasteiger partial charge in [-0.05, 0) is 30.3 Å². The molecule has 0 bridgehead atoms. The van der Waals surface area contributed by atoms with Gasteiger partial charge in [0.25, 0.3) is 0 Å². The number of rotatable bonds is 7. The predicted molar refractivity (Wildman–Crippen MR) is 92.1 cm³/mol. The Hall–Kier alpha value is -1.59. The molecule has 0 saturated heterocycles. The normalized spacial score (nSPS) is 10.1. The summed E-state index contributed by atoms with van der Waals surface area (Å²) in [6, 6.07) is 15.2. The van der Waals surface area contributed by atoms with Crippen LogP contribution in [-0.4, -0.2) is 18.2 Å². The number of halogens is 1. The smallest absolute Gasteiger partial charge is 0.120 e. The highest BCUT2D eigenvalue weighted by atomic mass is 79.9. The average molecular weight is 366 g/mol. The van der Waals surface area contributed by atoms with Gasteiger partial charge in [0.2, 0.25) is 0 Å². The van der Waals surface area contributed by atoms with Gasteiger partial charge >= 0.3 is 0 Å². The van der Waals surface area contributed by atoms with Crippen LogP contribution in [0.4, 0.5) is 0 Å². The van der Waals surface area contributed by atoms with E-state index in [2.05, 4.69) is 15.9 Å². The van der Waals surface area contributed by atoms with Crippen molar-refractivity contribution in [2.75, 3.05) is 13.2 Å². The molecule has 0 radical (unpaired) electrons. The van der Waals surface area contributed by atoms with E-state index in [1.165, 1.54) is 0 Å². The van der Waals surface area contributed by atoms with Crippen LogP contribution in [0.2, 0.25) is 0 Å². The van der Waals surface area contributed by atoms with Crippen LogP contribution < -0.4 is 15.2 Å². The third-order valence-corrected chi connectivity index (χ3v) is 3.47. The molecule has 0 fully saturated rings.